The normalized spacial score (nSPS) is 16.2. The molecule has 2 aromatic rings. The SMILES string of the molecule is Cc1cccc(C)c1NC(=O)Cn1ncc2c(c1=O)N(C1CC1)C(=O)CS2. The number of fused-ring (bicyclic) bond motifs is 1. The van der Waals surface area contributed by atoms with Crippen LogP contribution in [-0.2, 0) is 16.1 Å². The van der Waals surface area contributed by atoms with Crippen LogP contribution in [0.25, 0.3) is 0 Å². The highest BCUT2D eigenvalue weighted by Crippen LogP contribution is 2.38. The molecule has 1 aliphatic heterocycles. The number of para-hydroxylation sites is 1. The molecule has 1 saturated carbocycles. The Labute approximate surface area is 160 Å². The van der Waals surface area contributed by atoms with E-state index >= 15 is 0 Å². The molecule has 4 rings (SSSR count). The topological polar surface area (TPSA) is 84.3 Å². The summed E-state index contributed by atoms with van der Waals surface area (Å²) in [6.45, 7) is 3.64. The highest BCUT2D eigenvalue weighted by atomic mass is 32.2. The van der Waals surface area contributed by atoms with Gasteiger partial charge < -0.3 is 10.2 Å². The van der Waals surface area contributed by atoms with Gasteiger partial charge in [0, 0.05) is 11.7 Å². The van der Waals surface area contributed by atoms with Gasteiger partial charge in [0.15, 0.2) is 0 Å². The molecular formula is C19H20N4O3S. The second-order valence-electron chi connectivity index (χ2n) is 6.92. The standard InChI is InChI=1S/C19H20N4O3S/c1-11-4-3-5-12(2)17(11)21-15(24)9-22-19(26)18-14(8-20-22)27-10-16(25)23(18)13-6-7-13/h3-5,8,13H,6-7,9-10H2,1-2H3,(H,21,24). The van der Waals surface area contributed by atoms with Crippen LogP contribution in [0.15, 0.2) is 34.1 Å². The average Bonchev–Trinajstić information content (AvgIpc) is 3.46. The Kier molecular flexibility index (Phi) is 4.51. The number of carbonyl (C=O) groups excluding carboxylic acids is 2. The molecule has 0 unspecified atom stereocenters. The number of benzene rings is 1. The van der Waals surface area contributed by atoms with Crippen LogP contribution in [0.2, 0.25) is 0 Å². The summed E-state index contributed by atoms with van der Waals surface area (Å²) in [5.74, 6) is -0.0543. The van der Waals surface area contributed by atoms with Gasteiger partial charge in [-0.3, -0.25) is 14.4 Å². The lowest BCUT2D eigenvalue weighted by molar-refractivity contribution is -0.117. The molecule has 140 valence electrons. The molecule has 0 saturated heterocycles. The van der Waals surface area contributed by atoms with Crippen molar-refractivity contribution >= 4 is 35.0 Å². The highest BCUT2D eigenvalue weighted by Gasteiger charge is 2.39. The van der Waals surface area contributed by atoms with Crippen LogP contribution in [0.3, 0.4) is 0 Å². The first-order valence-corrected chi connectivity index (χ1v) is 9.85. The molecule has 1 N–H and O–H groups in total. The van der Waals surface area contributed by atoms with E-state index < -0.39 is 5.56 Å². The van der Waals surface area contributed by atoms with E-state index in [1.54, 1.807) is 11.1 Å². The Bertz CT molecular complexity index is 977. The molecule has 0 spiro atoms. The van der Waals surface area contributed by atoms with E-state index in [0.29, 0.717) is 16.3 Å². The van der Waals surface area contributed by atoms with Crippen LogP contribution in [0, 0.1) is 13.8 Å². The molecule has 2 amide bonds. The maximum Gasteiger partial charge on any atom is 0.292 e. The summed E-state index contributed by atoms with van der Waals surface area (Å²) in [5.41, 5.74) is 2.64. The van der Waals surface area contributed by atoms with Gasteiger partial charge in [-0.05, 0) is 37.8 Å². The van der Waals surface area contributed by atoms with Crippen molar-refractivity contribution < 1.29 is 9.59 Å². The van der Waals surface area contributed by atoms with Crippen molar-refractivity contribution in [1.82, 2.24) is 9.78 Å². The van der Waals surface area contributed by atoms with Gasteiger partial charge in [-0.1, -0.05) is 18.2 Å². The van der Waals surface area contributed by atoms with Crippen molar-refractivity contribution in [3.05, 3.63) is 45.9 Å². The van der Waals surface area contributed by atoms with E-state index in [1.165, 1.54) is 11.8 Å². The molecule has 0 bridgehead atoms. The highest BCUT2D eigenvalue weighted by molar-refractivity contribution is 8.00. The average molecular weight is 384 g/mol. The Morgan fingerprint density at radius 2 is 1.96 bits per heavy atom. The molecule has 1 aliphatic carbocycles. The van der Waals surface area contributed by atoms with E-state index in [4.69, 9.17) is 0 Å². The number of hydrogen-bond acceptors (Lipinski definition) is 5. The number of nitrogens with zero attached hydrogens (tertiary/aromatic N) is 3. The fourth-order valence-corrected chi connectivity index (χ4v) is 4.14. The van der Waals surface area contributed by atoms with Crippen molar-refractivity contribution in [2.24, 2.45) is 0 Å². The van der Waals surface area contributed by atoms with E-state index in [0.717, 1.165) is 34.3 Å². The van der Waals surface area contributed by atoms with Gasteiger partial charge in [0.25, 0.3) is 5.56 Å². The first-order chi connectivity index (χ1) is 13.0. The lowest BCUT2D eigenvalue weighted by Gasteiger charge is -2.28. The number of aryl methyl sites for hydroxylation is 2. The smallest absolute Gasteiger partial charge is 0.292 e. The molecule has 1 aromatic heterocycles. The first-order valence-electron chi connectivity index (χ1n) is 8.86. The third kappa shape index (κ3) is 3.37. The second kappa shape index (κ2) is 6.84. The Balaban J connectivity index is 1.61. The van der Waals surface area contributed by atoms with Gasteiger partial charge in [0.2, 0.25) is 11.8 Å². The number of rotatable bonds is 4. The summed E-state index contributed by atoms with van der Waals surface area (Å²) in [6.07, 6.45) is 3.39. The minimum absolute atomic E-state index is 0.0511. The van der Waals surface area contributed by atoms with Crippen LogP contribution in [0.5, 0.6) is 0 Å². The summed E-state index contributed by atoms with van der Waals surface area (Å²) < 4.78 is 1.14. The zero-order chi connectivity index (χ0) is 19.1. The number of amides is 2. The second-order valence-corrected chi connectivity index (χ2v) is 7.94. The first kappa shape index (κ1) is 17.8. The minimum atomic E-state index is -0.392. The van der Waals surface area contributed by atoms with Crippen LogP contribution in [-0.4, -0.2) is 33.4 Å². The maximum absolute atomic E-state index is 12.9. The Morgan fingerprint density at radius 3 is 2.63 bits per heavy atom. The fraction of sp³-hybridized carbons (Fsp3) is 0.368. The van der Waals surface area contributed by atoms with Gasteiger partial charge in [0.05, 0.1) is 16.8 Å². The number of hydrogen-bond donors (Lipinski definition) is 1. The molecule has 1 fully saturated rings. The van der Waals surface area contributed by atoms with Crippen molar-refractivity contribution in [1.29, 1.82) is 0 Å². The third-order valence-electron chi connectivity index (χ3n) is 4.80. The lowest BCUT2D eigenvalue weighted by atomic mass is 10.1. The molecule has 0 radical (unpaired) electrons. The van der Waals surface area contributed by atoms with Gasteiger partial charge >= 0.3 is 0 Å². The predicted octanol–water partition coefficient (Wildman–Crippen LogP) is 2.10. The Morgan fingerprint density at radius 1 is 1.26 bits per heavy atom. The van der Waals surface area contributed by atoms with Gasteiger partial charge in [-0.2, -0.15) is 5.10 Å². The molecule has 0 atom stereocenters. The summed E-state index contributed by atoms with van der Waals surface area (Å²) >= 11 is 1.33. The number of nitrogens with one attached hydrogen (secondary N) is 1. The molecule has 2 heterocycles. The van der Waals surface area contributed by atoms with Crippen LogP contribution >= 0.6 is 11.8 Å². The molecule has 2 aliphatic rings. The minimum Gasteiger partial charge on any atom is -0.324 e. The zero-order valence-corrected chi connectivity index (χ0v) is 16.0. The van der Waals surface area contributed by atoms with E-state index in [2.05, 4.69) is 10.4 Å². The summed E-state index contributed by atoms with van der Waals surface area (Å²) in [5, 5.41) is 7.01. The lowest BCUT2D eigenvalue weighted by Crippen LogP contribution is -2.43. The van der Waals surface area contributed by atoms with Gasteiger partial charge in [0.1, 0.15) is 12.2 Å². The van der Waals surface area contributed by atoms with Crippen LogP contribution in [0.1, 0.15) is 24.0 Å². The predicted molar refractivity (Wildman–Crippen MR) is 104 cm³/mol. The van der Waals surface area contributed by atoms with Gasteiger partial charge in [-0.25, -0.2) is 4.68 Å². The number of anilines is 2. The molecule has 1 aromatic carbocycles. The molecule has 27 heavy (non-hydrogen) atoms. The third-order valence-corrected chi connectivity index (χ3v) is 5.80. The molecule has 8 heteroatoms. The van der Waals surface area contributed by atoms with Crippen LogP contribution < -0.4 is 15.8 Å². The number of thioether (sulfide) groups is 1. The summed E-state index contributed by atoms with van der Waals surface area (Å²) in [4.78, 5) is 40.0. The van der Waals surface area contributed by atoms with Crippen LogP contribution in [0.4, 0.5) is 11.4 Å². The van der Waals surface area contributed by atoms with Crippen molar-refractivity contribution in [3.8, 4) is 0 Å². The molecule has 7 nitrogen and oxygen atoms in total. The van der Waals surface area contributed by atoms with Crippen molar-refractivity contribution in [2.75, 3.05) is 16.0 Å². The number of carbonyl (C=O) groups is 2. The Hall–Kier alpha value is -2.61. The van der Waals surface area contributed by atoms with Crippen molar-refractivity contribution in [3.63, 3.8) is 0 Å². The quantitative estimate of drug-likeness (QED) is 0.873. The largest absolute Gasteiger partial charge is 0.324 e. The van der Waals surface area contributed by atoms with E-state index in [1.807, 2.05) is 32.0 Å². The van der Waals surface area contributed by atoms with E-state index in [9.17, 15) is 14.4 Å². The molecular weight excluding hydrogens is 364 g/mol. The maximum atomic E-state index is 12.9. The van der Waals surface area contributed by atoms with Gasteiger partial charge in [-0.15, -0.1) is 11.8 Å². The van der Waals surface area contributed by atoms with Crippen molar-refractivity contribution in [2.45, 2.75) is 44.2 Å². The zero-order valence-electron chi connectivity index (χ0n) is 15.2. The van der Waals surface area contributed by atoms with E-state index in [-0.39, 0.29) is 24.4 Å². The summed E-state index contributed by atoms with van der Waals surface area (Å²) in [7, 11) is 0. The fourth-order valence-electron chi connectivity index (χ4n) is 3.28. The summed E-state index contributed by atoms with van der Waals surface area (Å²) in [6, 6.07) is 5.87. The monoisotopic (exact) mass is 384 g/mol. The number of aromatic nitrogens is 2.